The van der Waals surface area contributed by atoms with Crippen molar-refractivity contribution in [3.63, 3.8) is 0 Å². The molecule has 1 aliphatic carbocycles. The van der Waals surface area contributed by atoms with Gasteiger partial charge in [0.25, 0.3) is 5.91 Å². The van der Waals surface area contributed by atoms with E-state index < -0.39 is 0 Å². The standard InChI is InChI=1S/C18H19NO2/c1-12(2)18(21)19-16-11-13(3)9-10-15(16)17(20)14-7-5-4-6-8-14/h4-5,7,9-11H,1,6,8H2,2-3H3,(H,19,21). The molecule has 108 valence electrons. The second kappa shape index (κ2) is 6.35. The van der Waals surface area contributed by atoms with Gasteiger partial charge in [0.1, 0.15) is 0 Å². The molecule has 3 heteroatoms. The fourth-order valence-electron chi connectivity index (χ4n) is 2.15. The summed E-state index contributed by atoms with van der Waals surface area (Å²) in [7, 11) is 0. The highest BCUT2D eigenvalue weighted by Gasteiger charge is 2.18. The quantitative estimate of drug-likeness (QED) is 0.670. The molecule has 0 aliphatic heterocycles. The van der Waals surface area contributed by atoms with Gasteiger partial charge in [-0.15, -0.1) is 0 Å². The van der Waals surface area contributed by atoms with Crippen molar-refractivity contribution >= 4 is 17.4 Å². The number of carbonyl (C=O) groups is 2. The maximum atomic E-state index is 12.6. The third-order valence-corrected chi connectivity index (χ3v) is 3.36. The van der Waals surface area contributed by atoms with Gasteiger partial charge in [-0.1, -0.05) is 30.9 Å². The molecule has 1 N–H and O–H groups in total. The molecule has 0 saturated carbocycles. The molecule has 1 aromatic rings. The van der Waals surface area contributed by atoms with Gasteiger partial charge in [-0.25, -0.2) is 0 Å². The Hall–Kier alpha value is -2.42. The van der Waals surface area contributed by atoms with Crippen molar-refractivity contribution in [2.45, 2.75) is 26.7 Å². The first-order valence-corrected chi connectivity index (χ1v) is 6.97. The molecule has 0 atom stereocenters. The zero-order valence-corrected chi connectivity index (χ0v) is 12.4. The molecule has 0 fully saturated rings. The summed E-state index contributed by atoms with van der Waals surface area (Å²) in [5.41, 5.74) is 3.24. The summed E-state index contributed by atoms with van der Waals surface area (Å²) in [6.45, 7) is 7.18. The van der Waals surface area contributed by atoms with Crippen molar-refractivity contribution in [1.29, 1.82) is 0 Å². The van der Waals surface area contributed by atoms with Gasteiger partial charge in [0.2, 0.25) is 0 Å². The molecule has 0 radical (unpaired) electrons. The average molecular weight is 281 g/mol. The zero-order valence-electron chi connectivity index (χ0n) is 12.4. The van der Waals surface area contributed by atoms with Crippen LogP contribution in [0.15, 0.2) is 54.2 Å². The third kappa shape index (κ3) is 3.57. The van der Waals surface area contributed by atoms with E-state index in [0.29, 0.717) is 16.8 Å². The number of ketones is 1. The van der Waals surface area contributed by atoms with Crippen LogP contribution in [0.2, 0.25) is 0 Å². The maximum absolute atomic E-state index is 12.6. The Morgan fingerprint density at radius 1 is 1.29 bits per heavy atom. The molecular weight excluding hydrogens is 262 g/mol. The smallest absolute Gasteiger partial charge is 0.250 e. The number of rotatable bonds is 4. The Morgan fingerprint density at radius 3 is 2.67 bits per heavy atom. The van der Waals surface area contributed by atoms with E-state index in [-0.39, 0.29) is 11.7 Å². The molecule has 1 amide bonds. The number of hydrogen-bond donors (Lipinski definition) is 1. The number of carbonyl (C=O) groups excluding carboxylic acids is 2. The van der Waals surface area contributed by atoms with E-state index in [2.05, 4.69) is 11.9 Å². The molecule has 0 unspecified atom stereocenters. The zero-order chi connectivity index (χ0) is 15.4. The number of allylic oxidation sites excluding steroid dienone is 4. The molecule has 0 bridgehead atoms. The lowest BCUT2D eigenvalue weighted by Crippen LogP contribution is -2.16. The summed E-state index contributed by atoms with van der Waals surface area (Å²) < 4.78 is 0. The predicted octanol–water partition coefficient (Wildman–Crippen LogP) is 3.97. The van der Waals surface area contributed by atoms with E-state index in [0.717, 1.165) is 24.0 Å². The lowest BCUT2D eigenvalue weighted by molar-refractivity contribution is -0.112. The number of nitrogens with one attached hydrogen (secondary N) is 1. The minimum absolute atomic E-state index is 0.0311. The van der Waals surface area contributed by atoms with Crippen LogP contribution in [0.1, 0.15) is 35.7 Å². The molecule has 0 aromatic heterocycles. The van der Waals surface area contributed by atoms with Crippen molar-refractivity contribution < 1.29 is 9.59 Å². The van der Waals surface area contributed by atoms with Crippen LogP contribution in [-0.2, 0) is 4.79 Å². The lowest BCUT2D eigenvalue weighted by Gasteiger charge is -2.14. The van der Waals surface area contributed by atoms with Gasteiger partial charge in [0.15, 0.2) is 5.78 Å². The fourth-order valence-corrected chi connectivity index (χ4v) is 2.15. The van der Waals surface area contributed by atoms with Crippen LogP contribution in [0, 0.1) is 6.92 Å². The first-order valence-electron chi connectivity index (χ1n) is 6.97. The van der Waals surface area contributed by atoms with Crippen molar-refractivity contribution in [2.75, 3.05) is 5.32 Å². The lowest BCUT2D eigenvalue weighted by atomic mass is 9.94. The highest BCUT2D eigenvalue weighted by atomic mass is 16.2. The largest absolute Gasteiger partial charge is 0.322 e. The summed E-state index contributed by atoms with van der Waals surface area (Å²) >= 11 is 0. The monoisotopic (exact) mass is 281 g/mol. The normalized spacial score (nSPS) is 13.5. The first-order chi connectivity index (χ1) is 9.99. The minimum Gasteiger partial charge on any atom is -0.322 e. The number of hydrogen-bond acceptors (Lipinski definition) is 2. The van der Waals surface area contributed by atoms with Crippen LogP contribution < -0.4 is 5.32 Å². The summed E-state index contributed by atoms with van der Waals surface area (Å²) in [4.78, 5) is 24.4. The first kappa shape index (κ1) is 15.0. The number of aryl methyl sites for hydroxylation is 1. The van der Waals surface area contributed by atoms with Crippen LogP contribution in [0.5, 0.6) is 0 Å². The van der Waals surface area contributed by atoms with Crippen LogP contribution in [-0.4, -0.2) is 11.7 Å². The molecule has 2 rings (SSSR count). The summed E-state index contributed by atoms with van der Waals surface area (Å²) in [5, 5.41) is 2.77. The van der Waals surface area contributed by atoms with Crippen molar-refractivity contribution in [3.8, 4) is 0 Å². The molecular formula is C18H19NO2. The van der Waals surface area contributed by atoms with E-state index in [1.54, 1.807) is 13.0 Å². The van der Waals surface area contributed by atoms with E-state index in [1.807, 2.05) is 37.3 Å². The number of amides is 1. The second-order valence-corrected chi connectivity index (χ2v) is 5.27. The van der Waals surface area contributed by atoms with Gasteiger partial charge >= 0.3 is 0 Å². The van der Waals surface area contributed by atoms with E-state index >= 15 is 0 Å². The average Bonchev–Trinajstić information content (AvgIpc) is 2.47. The summed E-state index contributed by atoms with van der Waals surface area (Å²) in [6.07, 6.45) is 7.39. The van der Waals surface area contributed by atoms with Gasteiger partial charge in [-0.3, -0.25) is 9.59 Å². The topological polar surface area (TPSA) is 46.2 Å². The molecule has 21 heavy (non-hydrogen) atoms. The van der Waals surface area contributed by atoms with Crippen LogP contribution >= 0.6 is 0 Å². The Labute approximate surface area is 125 Å². The fraction of sp³-hybridized carbons (Fsp3) is 0.222. The van der Waals surface area contributed by atoms with Crippen molar-refractivity contribution in [1.82, 2.24) is 0 Å². The van der Waals surface area contributed by atoms with Gasteiger partial charge < -0.3 is 5.32 Å². The SMILES string of the molecule is C=C(C)C(=O)Nc1cc(C)ccc1C(=O)C1=CC=CCC1. The second-order valence-electron chi connectivity index (χ2n) is 5.27. The Morgan fingerprint density at radius 2 is 2.05 bits per heavy atom. The summed E-state index contributed by atoms with van der Waals surface area (Å²) in [6, 6.07) is 5.46. The third-order valence-electron chi connectivity index (χ3n) is 3.36. The van der Waals surface area contributed by atoms with Gasteiger partial charge in [0, 0.05) is 16.7 Å². The highest BCUT2D eigenvalue weighted by Crippen LogP contribution is 2.24. The van der Waals surface area contributed by atoms with Gasteiger partial charge in [-0.05, 0) is 44.4 Å². The van der Waals surface area contributed by atoms with Gasteiger partial charge in [-0.2, -0.15) is 0 Å². The Kier molecular flexibility index (Phi) is 4.53. The Bertz CT molecular complexity index is 666. The van der Waals surface area contributed by atoms with E-state index in [1.165, 1.54) is 0 Å². The van der Waals surface area contributed by atoms with Crippen molar-refractivity contribution in [2.24, 2.45) is 0 Å². The molecule has 0 spiro atoms. The Balaban J connectivity index is 2.36. The van der Waals surface area contributed by atoms with Crippen LogP contribution in [0.4, 0.5) is 5.69 Å². The molecule has 3 nitrogen and oxygen atoms in total. The minimum atomic E-state index is -0.271. The molecule has 0 saturated heterocycles. The number of Topliss-reactive ketones (excluding diaryl/α,β-unsaturated/α-hetero) is 1. The predicted molar refractivity (Wildman–Crippen MR) is 85.4 cm³/mol. The molecule has 1 aliphatic rings. The van der Waals surface area contributed by atoms with Gasteiger partial charge in [0.05, 0.1) is 5.69 Å². The number of anilines is 1. The molecule has 1 aromatic carbocycles. The van der Waals surface area contributed by atoms with E-state index in [9.17, 15) is 9.59 Å². The van der Waals surface area contributed by atoms with Crippen LogP contribution in [0.25, 0.3) is 0 Å². The van der Waals surface area contributed by atoms with Crippen molar-refractivity contribution in [3.05, 3.63) is 65.3 Å². The van der Waals surface area contributed by atoms with E-state index in [4.69, 9.17) is 0 Å². The molecule has 0 heterocycles. The number of benzene rings is 1. The highest BCUT2D eigenvalue weighted by molar-refractivity contribution is 6.15. The summed E-state index contributed by atoms with van der Waals surface area (Å²) in [5.74, 6) is -0.302. The van der Waals surface area contributed by atoms with Crippen LogP contribution in [0.3, 0.4) is 0 Å². The maximum Gasteiger partial charge on any atom is 0.250 e.